The first-order valence-corrected chi connectivity index (χ1v) is 5.65. The third kappa shape index (κ3) is 2.28. The minimum absolute atomic E-state index is 0.376. The van der Waals surface area contributed by atoms with Crippen molar-refractivity contribution in [1.29, 1.82) is 5.26 Å². The van der Waals surface area contributed by atoms with E-state index >= 15 is 0 Å². The third-order valence-electron chi connectivity index (χ3n) is 2.75. The van der Waals surface area contributed by atoms with Crippen LogP contribution in [0.4, 0.5) is 5.69 Å². The van der Waals surface area contributed by atoms with Gasteiger partial charge in [0.2, 0.25) is 0 Å². The third-order valence-corrected chi connectivity index (χ3v) is 2.75. The maximum absolute atomic E-state index is 8.92. The zero-order valence-corrected chi connectivity index (χ0v) is 10.4. The van der Waals surface area contributed by atoms with Gasteiger partial charge in [0, 0.05) is 0 Å². The van der Waals surface area contributed by atoms with Gasteiger partial charge in [-0.2, -0.15) is 5.26 Å². The summed E-state index contributed by atoms with van der Waals surface area (Å²) in [5, 5.41) is 8.92. The van der Waals surface area contributed by atoms with Gasteiger partial charge in [0.15, 0.2) is 5.75 Å². The lowest BCUT2D eigenvalue weighted by atomic mass is 10.1. The summed E-state index contributed by atoms with van der Waals surface area (Å²) in [5.74, 6) is 1.28. The molecule has 0 spiro atoms. The molecule has 0 saturated heterocycles. The molecule has 0 radical (unpaired) electrons. The number of rotatable bonds is 2. The van der Waals surface area contributed by atoms with Crippen molar-refractivity contribution in [3.8, 4) is 17.6 Å². The molecule has 0 heterocycles. The zero-order chi connectivity index (χ0) is 13.1. The molecule has 3 nitrogen and oxygen atoms in total. The molecule has 0 aliphatic carbocycles. The van der Waals surface area contributed by atoms with Crippen molar-refractivity contribution in [3.63, 3.8) is 0 Å². The average molecular weight is 238 g/mol. The number of ether oxygens (including phenoxy) is 1. The van der Waals surface area contributed by atoms with Crippen molar-refractivity contribution in [2.45, 2.75) is 13.8 Å². The van der Waals surface area contributed by atoms with Crippen LogP contribution < -0.4 is 10.5 Å². The molecule has 2 rings (SSSR count). The summed E-state index contributed by atoms with van der Waals surface area (Å²) in [5.41, 5.74) is 8.83. The molecule has 18 heavy (non-hydrogen) atoms. The molecule has 0 aromatic heterocycles. The van der Waals surface area contributed by atoms with E-state index in [4.69, 9.17) is 15.7 Å². The molecule has 0 bridgehead atoms. The fourth-order valence-corrected chi connectivity index (χ4v) is 1.67. The highest BCUT2D eigenvalue weighted by Gasteiger charge is 2.08. The van der Waals surface area contributed by atoms with Gasteiger partial charge in [-0.25, -0.2) is 0 Å². The summed E-state index contributed by atoms with van der Waals surface area (Å²) in [6, 6.07) is 13.2. The van der Waals surface area contributed by atoms with E-state index in [1.807, 2.05) is 38.1 Å². The van der Waals surface area contributed by atoms with Gasteiger partial charge in [-0.15, -0.1) is 0 Å². The van der Waals surface area contributed by atoms with Crippen LogP contribution in [0.5, 0.6) is 11.5 Å². The fraction of sp³-hybridized carbons (Fsp3) is 0.133. The Labute approximate surface area is 106 Å². The van der Waals surface area contributed by atoms with Crippen LogP contribution in [-0.2, 0) is 0 Å². The van der Waals surface area contributed by atoms with Crippen LogP contribution in [0.1, 0.15) is 16.7 Å². The Bertz CT molecular complexity index is 627. The van der Waals surface area contributed by atoms with Gasteiger partial charge in [-0.05, 0) is 43.2 Å². The monoisotopic (exact) mass is 238 g/mol. The van der Waals surface area contributed by atoms with Gasteiger partial charge < -0.3 is 10.5 Å². The molecule has 90 valence electrons. The number of hydrogen-bond acceptors (Lipinski definition) is 3. The van der Waals surface area contributed by atoms with Crippen LogP contribution >= 0.6 is 0 Å². The number of benzene rings is 2. The van der Waals surface area contributed by atoms with Crippen LogP contribution in [0, 0.1) is 25.2 Å². The molecule has 0 aliphatic heterocycles. The van der Waals surface area contributed by atoms with Gasteiger partial charge >= 0.3 is 0 Å². The van der Waals surface area contributed by atoms with E-state index in [0.717, 1.165) is 16.9 Å². The Balaban J connectivity index is 2.41. The van der Waals surface area contributed by atoms with Crippen molar-refractivity contribution in [3.05, 3.63) is 53.1 Å². The SMILES string of the molecule is Cc1ccc(C)c(Oc2cccc(C#N)c2N)c1. The van der Waals surface area contributed by atoms with E-state index in [2.05, 4.69) is 0 Å². The normalized spacial score (nSPS) is 9.83. The predicted octanol–water partition coefficient (Wildman–Crippen LogP) is 3.55. The molecule has 2 aromatic rings. The fourth-order valence-electron chi connectivity index (χ4n) is 1.67. The molecule has 0 fully saturated rings. The first-order chi connectivity index (χ1) is 8.61. The number of nitrogens with two attached hydrogens (primary N) is 1. The molecular weight excluding hydrogens is 224 g/mol. The second-order valence-electron chi connectivity index (χ2n) is 4.20. The minimum Gasteiger partial charge on any atom is -0.455 e. The highest BCUT2D eigenvalue weighted by atomic mass is 16.5. The standard InChI is InChI=1S/C15H14N2O/c1-10-6-7-11(2)14(8-10)18-13-5-3-4-12(9-16)15(13)17/h3-8H,17H2,1-2H3. The van der Waals surface area contributed by atoms with E-state index in [1.54, 1.807) is 18.2 Å². The van der Waals surface area contributed by atoms with Gasteiger partial charge in [0.25, 0.3) is 0 Å². The van der Waals surface area contributed by atoms with Gasteiger partial charge in [0.05, 0.1) is 11.3 Å². The molecule has 0 saturated carbocycles. The molecule has 0 unspecified atom stereocenters. The van der Waals surface area contributed by atoms with E-state index in [9.17, 15) is 0 Å². The highest BCUT2D eigenvalue weighted by Crippen LogP contribution is 2.31. The first-order valence-electron chi connectivity index (χ1n) is 5.65. The van der Waals surface area contributed by atoms with E-state index in [0.29, 0.717) is 17.0 Å². The number of aryl methyl sites for hydroxylation is 2. The average Bonchev–Trinajstić information content (AvgIpc) is 2.36. The minimum atomic E-state index is 0.376. The number of anilines is 1. The molecule has 2 N–H and O–H groups in total. The largest absolute Gasteiger partial charge is 0.455 e. The van der Waals surface area contributed by atoms with Gasteiger partial charge in [-0.1, -0.05) is 18.2 Å². The lowest BCUT2D eigenvalue weighted by Gasteiger charge is -2.12. The summed E-state index contributed by atoms with van der Waals surface area (Å²) in [6.07, 6.45) is 0. The van der Waals surface area contributed by atoms with Crippen molar-refractivity contribution < 1.29 is 4.74 Å². The first kappa shape index (κ1) is 12.0. The second kappa shape index (κ2) is 4.80. The Morgan fingerprint density at radius 3 is 2.61 bits per heavy atom. The number of nitrogens with zero attached hydrogens (tertiary/aromatic N) is 1. The van der Waals surface area contributed by atoms with Crippen molar-refractivity contribution >= 4 is 5.69 Å². The zero-order valence-electron chi connectivity index (χ0n) is 10.4. The molecule has 0 atom stereocenters. The van der Waals surface area contributed by atoms with Crippen LogP contribution in [-0.4, -0.2) is 0 Å². The molecule has 3 heteroatoms. The summed E-state index contributed by atoms with van der Waals surface area (Å²) in [7, 11) is 0. The Morgan fingerprint density at radius 2 is 1.89 bits per heavy atom. The molecule has 2 aromatic carbocycles. The van der Waals surface area contributed by atoms with Crippen molar-refractivity contribution in [2.24, 2.45) is 0 Å². The van der Waals surface area contributed by atoms with E-state index in [-0.39, 0.29) is 0 Å². The summed E-state index contributed by atoms with van der Waals surface area (Å²) in [6.45, 7) is 3.97. The summed E-state index contributed by atoms with van der Waals surface area (Å²) < 4.78 is 5.79. The quantitative estimate of drug-likeness (QED) is 0.814. The van der Waals surface area contributed by atoms with Crippen molar-refractivity contribution in [2.75, 3.05) is 5.73 Å². The number of para-hydroxylation sites is 1. The van der Waals surface area contributed by atoms with Crippen LogP contribution in [0.3, 0.4) is 0 Å². The predicted molar refractivity (Wildman–Crippen MR) is 71.6 cm³/mol. The maximum Gasteiger partial charge on any atom is 0.151 e. The smallest absolute Gasteiger partial charge is 0.151 e. The van der Waals surface area contributed by atoms with E-state index < -0.39 is 0 Å². The Kier molecular flexibility index (Phi) is 3.20. The van der Waals surface area contributed by atoms with Gasteiger partial charge in [0.1, 0.15) is 11.8 Å². The number of hydrogen-bond donors (Lipinski definition) is 1. The molecule has 0 amide bonds. The maximum atomic E-state index is 8.92. The lowest BCUT2D eigenvalue weighted by Crippen LogP contribution is -1.96. The van der Waals surface area contributed by atoms with Crippen LogP contribution in [0.15, 0.2) is 36.4 Å². The highest BCUT2D eigenvalue weighted by molar-refractivity contribution is 5.64. The Hall–Kier alpha value is -2.47. The molecule has 0 aliphatic rings. The number of nitriles is 1. The summed E-state index contributed by atoms with van der Waals surface area (Å²) in [4.78, 5) is 0. The lowest BCUT2D eigenvalue weighted by molar-refractivity contribution is 0.480. The van der Waals surface area contributed by atoms with Crippen LogP contribution in [0.25, 0.3) is 0 Å². The second-order valence-corrected chi connectivity index (χ2v) is 4.20. The topological polar surface area (TPSA) is 59.0 Å². The molecular formula is C15H14N2O. The van der Waals surface area contributed by atoms with E-state index in [1.165, 1.54) is 0 Å². The number of nitrogen functional groups attached to an aromatic ring is 1. The summed E-state index contributed by atoms with van der Waals surface area (Å²) >= 11 is 0. The Morgan fingerprint density at radius 1 is 1.11 bits per heavy atom. The van der Waals surface area contributed by atoms with Crippen LogP contribution in [0.2, 0.25) is 0 Å². The van der Waals surface area contributed by atoms with Crippen molar-refractivity contribution in [1.82, 2.24) is 0 Å². The van der Waals surface area contributed by atoms with Gasteiger partial charge in [-0.3, -0.25) is 0 Å².